The molecule has 2 fully saturated rings. The lowest BCUT2D eigenvalue weighted by molar-refractivity contribution is 0.0422. The van der Waals surface area contributed by atoms with Gasteiger partial charge in [-0.3, -0.25) is 4.90 Å². The van der Waals surface area contributed by atoms with Crippen molar-refractivity contribution in [2.24, 2.45) is 17.6 Å². The van der Waals surface area contributed by atoms with Crippen LogP contribution in [0.2, 0.25) is 0 Å². The number of hydrogen-bond donors (Lipinski definition) is 1. The Morgan fingerprint density at radius 2 is 2.12 bits per heavy atom. The molecular weight excluding hydrogens is 212 g/mol. The van der Waals surface area contributed by atoms with Gasteiger partial charge in [0.2, 0.25) is 0 Å². The number of nitrogens with two attached hydrogens (primary N) is 1. The molecule has 0 spiro atoms. The molecular formula is C14H28N2O. The van der Waals surface area contributed by atoms with Crippen LogP contribution in [0.15, 0.2) is 0 Å². The van der Waals surface area contributed by atoms with E-state index in [1.165, 1.54) is 45.2 Å². The molecule has 3 nitrogen and oxygen atoms in total. The van der Waals surface area contributed by atoms with E-state index in [0.29, 0.717) is 12.1 Å². The van der Waals surface area contributed by atoms with Gasteiger partial charge < -0.3 is 10.5 Å². The van der Waals surface area contributed by atoms with Crippen LogP contribution < -0.4 is 5.73 Å². The number of methoxy groups -OCH3 is 1. The van der Waals surface area contributed by atoms with Gasteiger partial charge in [0.05, 0.1) is 6.61 Å². The second-order valence-electron chi connectivity index (χ2n) is 6.11. The average molecular weight is 240 g/mol. The first kappa shape index (κ1) is 13.3. The molecule has 3 heteroatoms. The van der Waals surface area contributed by atoms with E-state index in [9.17, 15) is 0 Å². The van der Waals surface area contributed by atoms with Crippen LogP contribution in [0.5, 0.6) is 0 Å². The molecule has 0 aromatic carbocycles. The van der Waals surface area contributed by atoms with E-state index in [2.05, 4.69) is 11.8 Å². The molecule has 0 aromatic heterocycles. The first-order valence-corrected chi connectivity index (χ1v) is 7.19. The summed E-state index contributed by atoms with van der Waals surface area (Å²) in [6.45, 7) is 5.72. The summed E-state index contributed by atoms with van der Waals surface area (Å²) in [6, 6.07) is 1.02. The molecule has 1 heterocycles. The van der Waals surface area contributed by atoms with E-state index < -0.39 is 0 Å². The standard InChI is InChI=1S/C14H28N2O/c1-11-5-6-13(15)14(8-11)16-7-3-4-12(9-16)10-17-2/h11-14H,3-10,15H2,1-2H3. The van der Waals surface area contributed by atoms with Crippen LogP contribution in [0, 0.1) is 11.8 Å². The molecule has 1 saturated heterocycles. The highest BCUT2D eigenvalue weighted by atomic mass is 16.5. The Morgan fingerprint density at radius 1 is 1.29 bits per heavy atom. The molecule has 1 aliphatic carbocycles. The van der Waals surface area contributed by atoms with Crippen molar-refractivity contribution in [3.63, 3.8) is 0 Å². The second kappa shape index (κ2) is 6.17. The molecule has 2 aliphatic rings. The molecule has 0 radical (unpaired) electrons. The largest absolute Gasteiger partial charge is 0.384 e. The zero-order chi connectivity index (χ0) is 12.3. The van der Waals surface area contributed by atoms with Gasteiger partial charge in [0.15, 0.2) is 0 Å². The molecule has 2 rings (SSSR count). The highest BCUT2D eigenvalue weighted by molar-refractivity contribution is 4.90. The van der Waals surface area contributed by atoms with Gasteiger partial charge in [-0.25, -0.2) is 0 Å². The third kappa shape index (κ3) is 3.43. The summed E-state index contributed by atoms with van der Waals surface area (Å²) >= 11 is 0. The van der Waals surface area contributed by atoms with Crippen LogP contribution in [0.3, 0.4) is 0 Å². The Labute approximate surface area is 106 Å². The van der Waals surface area contributed by atoms with Crippen molar-refractivity contribution in [2.45, 2.75) is 51.1 Å². The number of piperidine rings is 1. The summed E-state index contributed by atoms with van der Waals surface area (Å²) in [5, 5.41) is 0. The van der Waals surface area contributed by atoms with Crippen molar-refractivity contribution >= 4 is 0 Å². The average Bonchev–Trinajstić information content (AvgIpc) is 2.33. The van der Waals surface area contributed by atoms with Crippen LogP contribution in [-0.4, -0.2) is 43.8 Å². The monoisotopic (exact) mass is 240 g/mol. The molecule has 1 saturated carbocycles. The molecule has 100 valence electrons. The number of likely N-dealkylation sites (tertiary alicyclic amines) is 1. The van der Waals surface area contributed by atoms with Crippen molar-refractivity contribution < 1.29 is 4.74 Å². The highest BCUT2D eigenvalue weighted by Gasteiger charge is 2.33. The van der Waals surface area contributed by atoms with E-state index in [0.717, 1.165) is 18.4 Å². The van der Waals surface area contributed by atoms with Gasteiger partial charge in [0.1, 0.15) is 0 Å². The van der Waals surface area contributed by atoms with E-state index in [-0.39, 0.29) is 0 Å². The van der Waals surface area contributed by atoms with E-state index in [4.69, 9.17) is 10.5 Å². The number of rotatable bonds is 3. The summed E-state index contributed by atoms with van der Waals surface area (Å²) < 4.78 is 5.31. The predicted molar refractivity (Wildman–Crippen MR) is 71.0 cm³/mol. The zero-order valence-corrected chi connectivity index (χ0v) is 11.4. The Hall–Kier alpha value is -0.120. The van der Waals surface area contributed by atoms with Crippen LogP contribution >= 0.6 is 0 Å². The Balaban J connectivity index is 1.91. The number of ether oxygens (including phenoxy) is 1. The fourth-order valence-electron chi connectivity index (χ4n) is 3.56. The maximum atomic E-state index is 6.32. The molecule has 4 atom stereocenters. The van der Waals surface area contributed by atoms with Crippen LogP contribution in [0.4, 0.5) is 0 Å². The van der Waals surface area contributed by atoms with Crippen molar-refractivity contribution in [1.82, 2.24) is 4.90 Å². The Bertz CT molecular complexity index is 232. The lowest BCUT2D eigenvalue weighted by Gasteiger charge is -2.44. The van der Waals surface area contributed by atoms with Gasteiger partial charge in [0, 0.05) is 25.7 Å². The summed E-state index contributed by atoms with van der Waals surface area (Å²) in [6.07, 6.45) is 6.44. The lowest BCUT2D eigenvalue weighted by atomic mass is 9.81. The Morgan fingerprint density at radius 3 is 2.88 bits per heavy atom. The normalized spacial score (nSPS) is 40.4. The molecule has 0 amide bonds. The van der Waals surface area contributed by atoms with Gasteiger partial charge in [0.25, 0.3) is 0 Å². The van der Waals surface area contributed by atoms with Gasteiger partial charge in [-0.05, 0) is 50.5 Å². The van der Waals surface area contributed by atoms with Crippen LogP contribution in [0.1, 0.15) is 39.0 Å². The SMILES string of the molecule is COCC1CCCN(C2CC(C)CCC2N)C1. The highest BCUT2D eigenvalue weighted by Crippen LogP contribution is 2.29. The lowest BCUT2D eigenvalue weighted by Crippen LogP contribution is -2.54. The zero-order valence-electron chi connectivity index (χ0n) is 11.4. The maximum Gasteiger partial charge on any atom is 0.0502 e. The van der Waals surface area contributed by atoms with Crippen molar-refractivity contribution in [1.29, 1.82) is 0 Å². The second-order valence-corrected chi connectivity index (χ2v) is 6.11. The molecule has 2 N–H and O–H groups in total. The topological polar surface area (TPSA) is 38.5 Å². The minimum atomic E-state index is 0.396. The summed E-state index contributed by atoms with van der Waals surface area (Å²) in [7, 11) is 1.81. The molecule has 0 bridgehead atoms. The van der Waals surface area contributed by atoms with Crippen LogP contribution in [-0.2, 0) is 4.74 Å². The molecule has 0 aromatic rings. The van der Waals surface area contributed by atoms with Crippen molar-refractivity contribution in [3.8, 4) is 0 Å². The van der Waals surface area contributed by atoms with Crippen LogP contribution in [0.25, 0.3) is 0 Å². The fraction of sp³-hybridized carbons (Fsp3) is 1.00. The third-order valence-corrected chi connectivity index (χ3v) is 4.55. The van der Waals surface area contributed by atoms with Gasteiger partial charge in [-0.1, -0.05) is 6.92 Å². The van der Waals surface area contributed by atoms with Gasteiger partial charge >= 0.3 is 0 Å². The van der Waals surface area contributed by atoms with Crippen molar-refractivity contribution in [2.75, 3.05) is 26.8 Å². The minimum Gasteiger partial charge on any atom is -0.384 e. The molecule has 17 heavy (non-hydrogen) atoms. The van der Waals surface area contributed by atoms with Gasteiger partial charge in [-0.15, -0.1) is 0 Å². The molecule has 1 aliphatic heterocycles. The molecule has 4 unspecified atom stereocenters. The maximum absolute atomic E-state index is 6.32. The fourth-order valence-corrected chi connectivity index (χ4v) is 3.56. The van der Waals surface area contributed by atoms with E-state index in [1.807, 2.05) is 7.11 Å². The summed E-state index contributed by atoms with van der Waals surface area (Å²) in [5.74, 6) is 1.57. The smallest absolute Gasteiger partial charge is 0.0502 e. The van der Waals surface area contributed by atoms with Crippen molar-refractivity contribution in [3.05, 3.63) is 0 Å². The number of hydrogen-bond acceptors (Lipinski definition) is 3. The number of nitrogens with zero attached hydrogens (tertiary/aromatic N) is 1. The predicted octanol–water partition coefficient (Wildman–Crippen LogP) is 1.86. The first-order chi connectivity index (χ1) is 8.20. The quantitative estimate of drug-likeness (QED) is 0.818. The summed E-state index contributed by atoms with van der Waals surface area (Å²) in [5.41, 5.74) is 6.32. The summed E-state index contributed by atoms with van der Waals surface area (Å²) in [4.78, 5) is 2.65. The third-order valence-electron chi connectivity index (χ3n) is 4.55. The minimum absolute atomic E-state index is 0.396. The van der Waals surface area contributed by atoms with E-state index >= 15 is 0 Å². The first-order valence-electron chi connectivity index (χ1n) is 7.19. The van der Waals surface area contributed by atoms with Gasteiger partial charge in [-0.2, -0.15) is 0 Å². The Kier molecular flexibility index (Phi) is 4.83. The van der Waals surface area contributed by atoms with E-state index in [1.54, 1.807) is 0 Å².